The Bertz CT molecular complexity index is 927. The van der Waals surface area contributed by atoms with Crippen molar-refractivity contribution in [2.45, 2.75) is 61.1 Å². The molecule has 136 valence electrons. The molecule has 3 aliphatic carbocycles. The van der Waals surface area contributed by atoms with Crippen LogP contribution in [-0.4, -0.2) is 0 Å². The van der Waals surface area contributed by atoms with E-state index in [-0.39, 0.29) is 3.17 Å². The maximum absolute atomic E-state index is 4.89. The molecule has 0 spiro atoms. The van der Waals surface area contributed by atoms with Crippen LogP contribution in [0.5, 0.6) is 0 Å². The number of hydrogen-bond acceptors (Lipinski definition) is 0. The Balaban J connectivity index is 2.11. The third-order valence-corrected chi connectivity index (χ3v) is 52.8. The molecule has 0 aliphatic heterocycles. The number of allylic oxidation sites excluding steroid dienone is 5. The van der Waals surface area contributed by atoms with Crippen LogP contribution in [0.2, 0.25) is 31.8 Å². The predicted molar refractivity (Wildman–Crippen MR) is 112 cm³/mol. The van der Waals surface area contributed by atoms with Crippen molar-refractivity contribution in [2.75, 3.05) is 0 Å². The van der Waals surface area contributed by atoms with Crippen LogP contribution >= 0.6 is 0 Å². The van der Waals surface area contributed by atoms with E-state index in [1.165, 1.54) is 24.8 Å². The van der Waals surface area contributed by atoms with Crippen molar-refractivity contribution in [3.8, 4) is 0 Å². The number of fused-ring (bicyclic) bond motifs is 2. The van der Waals surface area contributed by atoms with Crippen LogP contribution in [0.4, 0.5) is 0 Å². The van der Waals surface area contributed by atoms with E-state index in [0.29, 0.717) is 3.67 Å². The van der Waals surface area contributed by atoms with Gasteiger partial charge in [0.15, 0.2) is 0 Å². The van der Waals surface area contributed by atoms with E-state index >= 15 is 0 Å². The second kappa shape index (κ2) is 3.30. The molecule has 0 heterocycles. The molecule has 0 radical (unpaired) electrons. The number of rotatable bonds is 2. The van der Waals surface area contributed by atoms with E-state index in [4.69, 9.17) is 0 Å². The van der Waals surface area contributed by atoms with Crippen LogP contribution in [-0.2, 0) is 30.1 Å². The molecule has 1 aromatic rings. The zero-order valence-electron chi connectivity index (χ0n) is 17.3. The first-order chi connectivity index (χ1) is 11.0. The van der Waals surface area contributed by atoms with Gasteiger partial charge in [0, 0.05) is 0 Å². The quantitative estimate of drug-likeness (QED) is 0.360. The first kappa shape index (κ1) is 17.7. The van der Waals surface area contributed by atoms with E-state index in [9.17, 15) is 0 Å². The molecule has 0 saturated carbocycles. The van der Waals surface area contributed by atoms with Gasteiger partial charge < -0.3 is 0 Å². The summed E-state index contributed by atoms with van der Waals surface area (Å²) in [4.78, 5) is 0. The molecule has 3 aliphatic rings. The molecule has 1 unspecified atom stereocenters. The summed E-state index contributed by atoms with van der Waals surface area (Å²) in [5.74, 6) is 0. The van der Waals surface area contributed by atoms with Crippen LogP contribution in [0, 0.1) is 0 Å². The summed E-state index contributed by atoms with van der Waals surface area (Å²) >= 11 is -4.89. The fourth-order valence-electron chi connectivity index (χ4n) is 6.04. The molecule has 0 bridgehead atoms. The van der Waals surface area contributed by atoms with Gasteiger partial charge in [-0.05, 0) is 0 Å². The second-order valence-electron chi connectivity index (χ2n) is 16.8. The van der Waals surface area contributed by atoms with Crippen molar-refractivity contribution in [1.29, 1.82) is 0 Å². The van der Waals surface area contributed by atoms with E-state index < -0.39 is 14.1 Å². The van der Waals surface area contributed by atoms with Crippen molar-refractivity contribution in [1.82, 2.24) is 0 Å². The van der Waals surface area contributed by atoms with Gasteiger partial charge in [-0.2, -0.15) is 0 Å². The van der Waals surface area contributed by atoms with Gasteiger partial charge in [-0.25, -0.2) is 0 Å². The fraction of sp³-hybridized carbons (Fsp3) is 0.500. The van der Waals surface area contributed by atoms with Gasteiger partial charge in [0.1, 0.15) is 0 Å². The van der Waals surface area contributed by atoms with Gasteiger partial charge in [0.25, 0.3) is 0 Å². The standard InChI is InChI=1S/C13H13.C5H5.6CH3.Hf/c1-9-5-6-12-7-10-3-2-4-11(10)8-13(9)12;1-2-4-5-3-1;;;;;;;/h5-8H,2-4H2,1H3;1-5H;6*1H3;. The SMILES string of the molecule is C[C]1([Hf]([CH3])([CH3])([CH3])([CH3])([CH3])([CH3])[CH]2C=CC=C2)C=Cc2cc3c(cc21)CCC3. The molecular weight excluding hydrogens is 467 g/mol. The van der Waals surface area contributed by atoms with Crippen molar-refractivity contribution in [3.05, 3.63) is 64.8 Å². The minimum absolute atomic E-state index is 0.0488. The van der Waals surface area contributed by atoms with Gasteiger partial charge >= 0.3 is 146 Å². The molecular formula is C24H36Hf. The molecule has 0 nitrogen and oxygen atoms in total. The zero-order chi connectivity index (χ0) is 18.5. The first-order valence-corrected chi connectivity index (χ1v) is 35.7. The molecule has 0 N–H and O–H groups in total. The van der Waals surface area contributed by atoms with Crippen LogP contribution in [0.25, 0.3) is 6.08 Å². The summed E-state index contributed by atoms with van der Waals surface area (Å²) in [5.41, 5.74) is 6.24. The normalized spacial score (nSPS) is 31.2. The van der Waals surface area contributed by atoms with E-state index in [1.54, 1.807) is 16.7 Å². The van der Waals surface area contributed by atoms with Crippen molar-refractivity contribution < 1.29 is 14.1 Å². The van der Waals surface area contributed by atoms with Crippen molar-refractivity contribution in [2.24, 2.45) is 0 Å². The Morgan fingerprint density at radius 1 is 0.880 bits per heavy atom. The topological polar surface area (TPSA) is 0 Å². The Kier molecular flexibility index (Phi) is 2.34. The van der Waals surface area contributed by atoms with Crippen LogP contribution < -0.4 is 0 Å². The minimum atomic E-state index is -4.89. The van der Waals surface area contributed by atoms with Crippen LogP contribution in [0.1, 0.15) is 35.6 Å². The fourth-order valence-corrected chi connectivity index (χ4v) is 29.7. The molecule has 25 heavy (non-hydrogen) atoms. The summed E-state index contributed by atoms with van der Waals surface area (Å²) < 4.78 is 16.7. The molecule has 0 fully saturated rings. The first-order valence-electron chi connectivity index (χ1n) is 10.2. The maximum atomic E-state index is 2.69. The van der Waals surface area contributed by atoms with Gasteiger partial charge in [0.2, 0.25) is 0 Å². The monoisotopic (exact) mass is 504 g/mol. The van der Waals surface area contributed by atoms with Gasteiger partial charge in [-0.3, -0.25) is 0 Å². The van der Waals surface area contributed by atoms with Crippen molar-refractivity contribution >= 4 is 6.08 Å². The second-order valence-corrected chi connectivity index (χ2v) is 101. The molecule has 0 saturated heterocycles. The van der Waals surface area contributed by atoms with E-state index in [0.717, 1.165) is 0 Å². The van der Waals surface area contributed by atoms with E-state index in [2.05, 4.69) is 83.6 Å². The van der Waals surface area contributed by atoms with Gasteiger partial charge in [-0.1, -0.05) is 0 Å². The molecule has 4 rings (SSSR count). The molecule has 1 atom stereocenters. The predicted octanol–water partition coefficient (Wildman–Crippen LogP) is 7.92. The van der Waals surface area contributed by atoms with Gasteiger partial charge in [-0.15, -0.1) is 0 Å². The molecule has 0 aromatic heterocycles. The summed E-state index contributed by atoms with van der Waals surface area (Å²) in [5, 5.41) is 0. The third kappa shape index (κ3) is 1.87. The molecule has 1 heteroatoms. The average molecular weight is 503 g/mol. The molecule has 0 amide bonds. The Morgan fingerprint density at radius 2 is 1.44 bits per heavy atom. The van der Waals surface area contributed by atoms with Crippen molar-refractivity contribution in [3.63, 3.8) is 0 Å². The molecule has 1 aromatic carbocycles. The van der Waals surface area contributed by atoms with E-state index in [1.807, 2.05) is 0 Å². The third-order valence-electron chi connectivity index (χ3n) is 9.75. The van der Waals surface area contributed by atoms with Crippen LogP contribution in [0.15, 0.2) is 42.5 Å². The number of aryl methyl sites for hydroxylation is 2. The Morgan fingerprint density at radius 3 is 2.04 bits per heavy atom. The Hall–Kier alpha value is -0.690. The average Bonchev–Trinajstić information content (AvgIpc) is 3.14. The number of benzene rings is 1. The van der Waals surface area contributed by atoms with Gasteiger partial charge in [0.05, 0.1) is 0 Å². The number of hydrogen-bond donors (Lipinski definition) is 0. The van der Waals surface area contributed by atoms with Crippen LogP contribution in [0.3, 0.4) is 0 Å². The summed E-state index contributed by atoms with van der Waals surface area (Å²) in [6.07, 6.45) is 18.3. The summed E-state index contributed by atoms with van der Waals surface area (Å²) in [7, 11) is 0. The summed E-state index contributed by atoms with van der Waals surface area (Å²) in [6.45, 7) is 2.55. The Labute approximate surface area is 145 Å². The zero-order valence-corrected chi connectivity index (χ0v) is 20.9. The summed E-state index contributed by atoms with van der Waals surface area (Å²) in [6, 6.07) is 5.08.